The molecule has 2 fully saturated rings. The lowest BCUT2D eigenvalue weighted by Crippen LogP contribution is -2.65. The summed E-state index contributed by atoms with van der Waals surface area (Å²) in [7, 11) is 1.52. The van der Waals surface area contributed by atoms with Gasteiger partial charge in [-0.25, -0.2) is 9.78 Å². The van der Waals surface area contributed by atoms with Crippen LogP contribution in [0.4, 0.5) is 10.6 Å². The molecule has 8 heteroatoms. The number of aliphatic hydroxyl groups is 4. The number of aromatic nitrogens is 1. The van der Waals surface area contributed by atoms with E-state index in [2.05, 4.69) is 18.8 Å². The van der Waals surface area contributed by atoms with E-state index in [0.29, 0.717) is 23.7 Å². The van der Waals surface area contributed by atoms with E-state index in [-0.39, 0.29) is 22.8 Å². The quantitative estimate of drug-likeness (QED) is 0.499. The van der Waals surface area contributed by atoms with Crippen LogP contribution in [0.25, 0.3) is 0 Å². The molecule has 1 aromatic heterocycles. The smallest absolute Gasteiger partial charge is 0.415 e. The average molecular weight is 471 g/mol. The van der Waals surface area contributed by atoms with Crippen LogP contribution in [-0.2, 0) is 4.74 Å². The molecule has 1 heterocycles. The molecule has 0 radical (unpaired) electrons. The zero-order chi connectivity index (χ0) is 24.6. The van der Waals surface area contributed by atoms with E-state index in [0.717, 1.165) is 6.42 Å². The number of carbonyl (C=O) groups excluding carboxylic acids is 1. The Balaban J connectivity index is 1.55. The number of anilines is 1. The number of fused-ring (bicyclic) bond motifs is 3. The maximum absolute atomic E-state index is 13.1. The molecule has 8 atom stereocenters. The van der Waals surface area contributed by atoms with Crippen molar-refractivity contribution in [1.82, 2.24) is 4.98 Å². The molecule has 0 saturated heterocycles. The fourth-order valence-corrected chi connectivity index (χ4v) is 7.33. The van der Waals surface area contributed by atoms with Crippen molar-refractivity contribution in [3.63, 3.8) is 0 Å². The minimum absolute atomic E-state index is 0.0341. The molecule has 0 aliphatic heterocycles. The third-order valence-corrected chi connectivity index (χ3v) is 9.20. The molecule has 8 nitrogen and oxygen atoms in total. The van der Waals surface area contributed by atoms with Crippen molar-refractivity contribution in [2.45, 2.75) is 57.5 Å². The number of aliphatic hydroxyl groups excluding tert-OH is 3. The number of hydrogen-bond donors (Lipinski definition) is 4. The number of hydrogen-bond acceptors (Lipinski definition) is 7. The Labute approximate surface area is 199 Å². The van der Waals surface area contributed by atoms with Gasteiger partial charge in [0.15, 0.2) is 6.10 Å². The first-order valence-corrected chi connectivity index (χ1v) is 12.0. The Bertz CT molecular complexity index is 1050. The zero-order valence-electron chi connectivity index (χ0n) is 20.0. The highest BCUT2D eigenvalue weighted by Gasteiger charge is 2.74. The summed E-state index contributed by atoms with van der Waals surface area (Å²) in [5, 5.41) is 45.7. The van der Waals surface area contributed by atoms with E-state index < -0.39 is 42.0 Å². The van der Waals surface area contributed by atoms with Crippen molar-refractivity contribution >= 4 is 11.9 Å². The van der Waals surface area contributed by atoms with Crippen LogP contribution in [-0.4, -0.2) is 69.1 Å². The maximum Gasteiger partial charge on any atom is 0.415 e. The number of nitrogens with zero attached hydrogens (tertiary/aromatic N) is 2. The van der Waals surface area contributed by atoms with Crippen LogP contribution in [0.5, 0.6) is 0 Å². The third kappa shape index (κ3) is 2.92. The van der Waals surface area contributed by atoms with E-state index in [1.54, 1.807) is 43.5 Å². The largest absolute Gasteiger partial charge is 0.438 e. The first-order valence-electron chi connectivity index (χ1n) is 12.0. The summed E-state index contributed by atoms with van der Waals surface area (Å²) < 4.78 is 5.83. The van der Waals surface area contributed by atoms with Gasteiger partial charge >= 0.3 is 6.09 Å². The normalized spacial score (nSPS) is 41.8. The Morgan fingerprint density at radius 2 is 2.03 bits per heavy atom. The Morgan fingerprint density at radius 1 is 1.29 bits per heavy atom. The predicted molar refractivity (Wildman–Crippen MR) is 125 cm³/mol. The predicted octanol–water partition coefficient (Wildman–Crippen LogP) is 2.04. The molecule has 1 aromatic rings. The lowest BCUT2D eigenvalue weighted by Gasteiger charge is -2.49. The highest BCUT2D eigenvalue weighted by molar-refractivity contribution is 5.86. The zero-order valence-corrected chi connectivity index (χ0v) is 20.0. The first kappa shape index (κ1) is 23.5. The van der Waals surface area contributed by atoms with Gasteiger partial charge in [0.25, 0.3) is 0 Å². The van der Waals surface area contributed by atoms with Crippen LogP contribution < -0.4 is 4.90 Å². The minimum atomic E-state index is -2.03. The van der Waals surface area contributed by atoms with Gasteiger partial charge in [-0.3, -0.25) is 4.90 Å². The summed E-state index contributed by atoms with van der Waals surface area (Å²) in [6.45, 7) is 5.64. The lowest BCUT2D eigenvalue weighted by molar-refractivity contribution is -0.201. The van der Waals surface area contributed by atoms with Gasteiger partial charge in [-0.1, -0.05) is 32.1 Å². The summed E-state index contributed by atoms with van der Waals surface area (Å²) in [6.07, 6.45) is 1.89. The van der Waals surface area contributed by atoms with Gasteiger partial charge in [0.05, 0.1) is 18.1 Å². The first-order chi connectivity index (χ1) is 16.0. The molecule has 4 N–H and O–H groups in total. The standard InChI is InChI=1S/C26H34N2O6/c1-14-12-25-9-8-17-19(24(17,2)3)16(21(25)31)11-15(13-29)20(30)26(25,33)22(14)34-23(32)28(4)18-7-5-6-10-27-18/h5-7,10-12,16-17,19-22,29-31,33H,8-9,13H2,1-4H3/t16-,17+,19-,20+,21?,22-,25?,26-/m0/s1. The second-order valence-corrected chi connectivity index (χ2v) is 11.1. The van der Waals surface area contributed by atoms with Crippen molar-refractivity contribution in [3.8, 4) is 0 Å². The van der Waals surface area contributed by atoms with Gasteiger partial charge < -0.3 is 25.2 Å². The molecular formula is C26H34N2O6. The van der Waals surface area contributed by atoms with Crippen LogP contribution >= 0.6 is 0 Å². The SMILES string of the molecule is CC1=CC23CC[C@@H]4[C@H]([C@H](C=C(CO)[C@@H](O)[C@]2(O)[C@H]1OC(=O)N(C)c1ccccn1)C3O)C4(C)C. The van der Waals surface area contributed by atoms with Crippen molar-refractivity contribution in [1.29, 1.82) is 0 Å². The molecule has 34 heavy (non-hydrogen) atoms. The van der Waals surface area contributed by atoms with E-state index >= 15 is 0 Å². The maximum atomic E-state index is 13.1. The molecule has 184 valence electrons. The Hall–Kier alpha value is -2.26. The number of pyridine rings is 1. The molecule has 1 amide bonds. The van der Waals surface area contributed by atoms with E-state index in [9.17, 15) is 25.2 Å². The number of rotatable bonds is 3. The van der Waals surface area contributed by atoms with Crippen LogP contribution in [0.15, 0.2) is 47.7 Å². The topological polar surface area (TPSA) is 123 Å². The second-order valence-electron chi connectivity index (χ2n) is 11.1. The van der Waals surface area contributed by atoms with Crippen LogP contribution in [0, 0.1) is 28.6 Å². The monoisotopic (exact) mass is 470 g/mol. The number of ether oxygens (including phenoxy) is 1. The molecular weight excluding hydrogens is 436 g/mol. The lowest BCUT2D eigenvalue weighted by atomic mass is 9.62. The third-order valence-electron chi connectivity index (χ3n) is 9.20. The van der Waals surface area contributed by atoms with E-state index in [4.69, 9.17) is 4.74 Å². The van der Waals surface area contributed by atoms with Crippen molar-refractivity contribution in [2.24, 2.45) is 28.6 Å². The number of amides is 1. The molecule has 2 saturated carbocycles. The highest BCUT2D eigenvalue weighted by Crippen LogP contribution is 2.71. The molecule has 5 rings (SSSR count). The highest BCUT2D eigenvalue weighted by atomic mass is 16.6. The molecule has 1 spiro atoms. The number of carbonyl (C=O) groups is 1. The van der Waals surface area contributed by atoms with Crippen molar-refractivity contribution < 1.29 is 30.0 Å². The van der Waals surface area contributed by atoms with Gasteiger partial charge in [0.2, 0.25) is 0 Å². The Kier molecular flexibility index (Phi) is 5.26. The van der Waals surface area contributed by atoms with Crippen LogP contribution in [0.1, 0.15) is 33.6 Å². The van der Waals surface area contributed by atoms with Crippen molar-refractivity contribution in [3.05, 3.63) is 47.7 Å². The van der Waals surface area contributed by atoms with E-state index in [1.165, 1.54) is 11.9 Å². The summed E-state index contributed by atoms with van der Waals surface area (Å²) in [5.74, 6) is 0.600. The van der Waals surface area contributed by atoms with Gasteiger partial charge in [0.1, 0.15) is 17.5 Å². The van der Waals surface area contributed by atoms with Crippen LogP contribution in [0.3, 0.4) is 0 Å². The summed E-state index contributed by atoms with van der Waals surface area (Å²) in [4.78, 5) is 18.5. The molecule has 4 aliphatic carbocycles. The van der Waals surface area contributed by atoms with Gasteiger partial charge in [-0.15, -0.1) is 0 Å². The molecule has 2 unspecified atom stereocenters. The summed E-state index contributed by atoms with van der Waals surface area (Å²) in [5.41, 5.74) is -2.39. The van der Waals surface area contributed by atoms with Gasteiger partial charge in [-0.05, 0) is 60.3 Å². The molecule has 2 bridgehead atoms. The second kappa shape index (κ2) is 7.62. The summed E-state index contributed by atoms with van der Waals surface area (Å²) >= 11 is 0. The minimum Gasteiger partial charge on any atom is -0.438 e. The average Bonchev–Trinajstić information content (AvgIpc) is 3.35. The van der Waals surface area contributed by atoms with Gasteiger partial charge in [-0.2, -0.15) is 0 Å². The fourth-order valence-electron chi connectivity index (χ4n) is 7.33. The summed E-state index contributed by atoms with van der Waals surface area (Å²) in [6, 6.07) is 5.15. The van der Waals surface area contributed by atoms with Crippen LogP contribution in [0.2, 0.25) is 0 Å². The van der Waals surface area contributed by atoms with Gasteiger partial charge in [0, 0.05) is 19.2 Å². The van der Waals surface area contributed by atoms with Crippen molar-refractivity contribution in [2.75, 3.05) is 18.6 Å². The Morgan fingerprint density at radius 3 is 2.68 bits per heavy atom. The van der Waals surface area contributed by atoms with E-state index in [1.807, 2.05) is 0 Å². The fraction of sp³-hybridized carbons (Fsp3) is 0.615. The molecule has 0 aromatic carbocycles. The molecule has 4 aliphatic rings.